The average Bonchev–Trinajstić information content (AvgIpc) is 2.85. The molecule has 0 spiro atoms. The first-order chi connectivity index (χ1) is 9.74. The van der Waals surface area contributed by atoms with Gasteiger partial charge in [0.1, 0.15) is 0 Å². The smallest absolute Gasteiger partial charge is 0.223 e. The van der Waals surface area contributed by atoms with Crippen molar-refractivity contribution in [1.82, 2.24) is 10.2 Å². The molecule has 1 aliphatic carbocycles. The third-order valence-corrected chi connectivity index (χ3v) is 4.87. The van der Waals surface area contributed by atoms with Gasteiger partial charge in [0.05, 0.1) is 0 Å². The van der Waals surface area contributed by atoms with Crippen LogP contribution in [0, 0.1) is 5.92 Å². The van der Waals surface area contributed by atoms with E-state index in [2.05, 4.69) is 47.5 Å². The van der Waals surface area contributed by atoms with Crippen molar-refractivity contribution in [1.29, 1.82) is 0 Å². The van der Waals surface area contributed by atoms with Crippen molar-refractivity contribution >= 4 is 5.91 Å². The molecule has 1 aromatic rings. The highest BCUT2D eigenvalue weighted by atomic mass is 16.2. The number of carbonyl (C=O) groups is 1. The maximum Gasteiger partial charge on any atom is 0.223 e. The van der Waals surface area contributed by atoms with Crippen LogP contribution in [0.4, 0.5) is 0 Å². The molecule has 1 N–H and O–H groups in total. The van der Waals surface area contributed by atoms with Crippen LogP contribution in [0.15, 0.2) is 30.3 Å². The topological polar surface area (TPSA) is 32.3 Å². The van der Waals surface area contributed by atoms with Crippen LogP contribution in [0.1, 0.15) is 44.2 Å². The number of nitrogens with one attached hydrogen (secondary N) is 1. The van der Waals surface area contributed by atoms with Crippen LogP contribution in [-0.2, 0) is 4.79 Å². The predicted molar refractivity (Wildman–Crippen MR) is 80.3 cm³/mol. The molecular weight excluding hydrogens is 248 g/mol. The first-order valence-corrected chi connectivity index (χ1v) is 7.83. The van der Waals surface area contributed by atoms with Gasteiger partial charge in [-0.15, -0.1) is 0 Å². The highest BCUT2D eigenvalue weighted by Gasteiger charge is 2.31. The number of hydrogen-bond donors (Lipinski definition) is 1. The monoisotopic (exact) mass is 272 g/mol. The molecule has 0 aromatic heterocycles. The van der Waals surface area contributed by atoms with Crippen molar-refractivity contribution < 1.29 is 4.79 Å². The minimum atomic E-state index is 0.287. The van der Waals surface area contributed by atoms with E-state index < -0.39 is 0 Å². The largest absolute Gasteiger partial charge is 0.352 e. The van der Waals surface area contributed by atoms with E-state index >= 15 is 0 Å². The number of nitrogens with zero attached hydrogens (tertiary/aromatic N) is 1. The number of likely N-dealkylation sites (tertiary alicyclic amines) is 1. The summed E-state index contributed by atoms with van der Waals surface area (Å²) in [6, 6.07) is 11.4. The van der Waals surface area contributed by atoms with Gasteiger partial charge in [-0.1, -0.05) is 36.8 Å². The molecule has 0 radical (unpaired) electrons. The van der Waals surface area contributed by atoms with Crippen molar-refractivity contribution in [3.05, 3.63) is 35.9 Å². The molecule has 1 aromatic carbocycles. The molecule has 3 nitrogen and oxygen atoms in total. The van der Waals surface area contributed by atoms with Crippen LogP contribution < -0.4 is 5.32 Å². The van der Waals surface area contributed by atoms with Gasteiger partial charge < -0.3 is 5.32 Å². The Bertz CT molecular complexity index is 455. The number of carbonyl (C=O) groups excluding carboxylic acids is 1. The third-order valence-electron chi connectivity index (χ3n) is 4.87. The lowest BCUT2D eigenvalue weighted by Crippen LogP contribution is -2.42. The second-order valence-electron chi connectivity index (χ2n) is 6.20. The minimum absolute atomic E-state index is 0.287. The van der Waals surface area contributed by atoms with Gasteiger partial charge in [-0.05, 0) is 31.7 Å². The third kappa shape index (κ3) is 2.88. The summed E-state index contributed by atoms with van der Waals surface area (Å²) in [5.41, 5.74) is 1.36. The normalized spacial score (nSPS) is 25.1. The van der Waals surface area contributed by atoms with Gasteiger partial charge in [0.2, 0.25) is 5.91 Å². The number of hydrogen-bond acceptors (Lipinski definition) is 2. The summed E-state index contributed by atoms with van der Waals surface area (Å²) in [6.45, 7) is 4.31. The Hall–Kier alpha value is -1.35. The first-order valence-electron chi connectivity index (χ1n) is 7.83. The molecule has 3 heteroatoms. The zero-order valence-electron chi connectivity index (χ0n) is 12.2. The first kappa shape index (κ1) is 13.6. The predicted octanol–water partition coefficient (Wildman–Crippen LogP) is 2.74. The zero-order chi connectivity index (χ0) is 13.9. The Morgan fingerprint density at radius 1 is 1.25 bits per heavy atom. The fourth-order valence-electron chi connectivity index (χ4n) is 3.19. The van der Waals surface area contributed by atoms with Gasteiger partial charge in [0.25, 0.3) is 0 Å². The van der Waals surface area contributed by atoms with E-state index in [0.717, 1.165) is 32.4 Å². The van der Waals surface area contributed by atoms with Crippen molar-refractivity contribution in [3.8, 4) is 0 Å². The molecule has 0 unspecified atom stereocenters. The van der Waals surface area contributed by atoms with Crippen molar-refractivity contribution in [2.75, 3.05) is 13.1 Å². The van der Waals surface area contributed by atoms with Crippen LogP contribution >= 0.6 is 0 Å². The Balaban J connectivity index is 1.52. The van der Waals surface area contributed by atoms with Crippen molar-refractivity contribution in [3.63, 3.8) is 0 Å². The Kier molecular flexibility index (Phi) is 4.06. The van der Waals surface area contributed by atoms with E-state index in [9.17, 15) is 4.79 Å². The fraction of sp³-hybridized carbons (Fsp3) is 0.588. The van der Waals surface area contributed by atoms with Crippen molar-refractivity contribution in [2.24, 2.45) is 5.92 Å². The second-order valence-corrected chi connectivity index (χ2v) is 6.20. The van der Waals surface area contributed by atoms with E-state index in [1.807, 2.05) is 0 Å². The number of benzene rings is 1. The molecule has 1 saturated carbocycles. The van der Waals surface area contributed by atoms with E-state index in [-0.39, 0.29) is 5.91 Å². The standard InChI is InChI=1S/C17H24N2O/c1-13(14-6-3-2-4-7-14)19-11-10-16(12-19)18-17(20)15-8-5-9-15/h2-4,6-7,13,15-16H,5,8-12H2,1H3,(H,18,20)/t13-,16-/m0/s1. The van der Waals surface area contributed by atoms with Crippen molar-refractivity contribution in [2.45, 2.75) is 44.7 Å². The second kappa shape index (κ2) is 5.96. The lowest BCUT2D eigenvalue weighted by atomic mass is 9.84. The van der Waals surface area contributed by atoms with E-state index in [0.29, 0.717) is 18.0 Å². The summed E-state index contributed by atoms with van der Waals surface area (Å²) in [4.78, 5) is 14.5. The van der Waals surface area contributed by atoms with Crippen LogP contribution in [-0.4, -0.2) is 29.9 Å². The van der Waals surface area contributed by atoms with Crippen LogP contribution in [0.3, 0.4) is 0 Å². The van der Waals surface area contributed by atoms with Gasteiger partial charge in [0, 0.05) is 31.1 Å². The van der Waals surface area contributed by atoms with Crippen LogP contribution in [0.25, 0.3) is 0 Å². The summed E-state index contributed by atoms with van der Waals surface area (Å²) in [6.07, 6.45) is 4.47. The SMILES string of the molecule is C[C@@H](c1ccccc1)N1CC[C@H](NC(=O)C2CCC2)C1. The highest BCUT2D eigenvalue weighted by Crippen LogP contribution is 2.28. The maximum atomic E-state index is 12.0. The molecule has 1 heterocycles. The molecule has 3 rings (SSSR count). The lowest BCUT2D eigenvalue weighted by Gasteiger charge is -2.27. The Morgan fingerprint density at radius 3 is 2.65 bits per heavy atom. The highest BCUT2D eigenvalue weighted by molar-refractivity contribution is 5.79. The van der Waals surface area contributed by atoms with Gasteiger partial charge in [-0.2, -0.15) is 0 Å². The molecule has 0 bridgehead atoms. The summed E-state index contributed by atoms with van der Waals surface area (Å²) in [5.74, 6) is 0.589. The van der Waals surface area contributed by atoms with Gasteiger partial charge in [-0.3, -0.25) is 9.69 Å². The summed E-state index contributed by atoms with van der Waals surface area (Å²) in [7, 11) is 0. The van der Waals surface area contributed by atoms with Crippen LogP contribution in [0.5, 0.6) is 0 Å². The van der Waals surface area contributed by atoms with E-state index in [1.165, 1.54) is 12.0 Å². The van der Waals surface area contributed by atoms with Crippen LogP contribution in [0.2, 0.25) is 0 Å². The van der Waals surface area contributed by atoms with E-state index in [4.69, 9.17) is 0 Å². The Labute approximate surface area is 121 Å². The van der Waals surface area contributed by atoms with Gasteiger partial charge in [0.15, 0.2) is 0 Å². The molecule has 1 amide bonds. The van der Waals surface area contributed by atoms with Gasteiger partial charge in [-0.25, -0.2) is 0 Å². The molecule has 2 aliphatic rings. The quantitative estimate of drug-likeness (QED) is 0.914. The Morgan fingerprint density at radius 2 is 2.00 bits per heavy atom. The molecule has 1 saturated heterocycles. The zero-order valence-corrected chi connectivity index (χ0v) is 12.2. The molecule has 1 aliphatic heterocycles. The summed E-state index contributed by atoms with van der Waals surface area (Å²) in [5, 5.41) is 3.24. The van der Waals surface area contributed by atoms with Gasteiger partial charge >= 0.3 is 0 Å². The van der Waals surface area contributed by atoms with E-state index in [1.54, 1.807) is 0 Å². The fourth-order valence-corrected chi connectivity index (χ4v) is 3.19. The minimum Gasteiger partial charge on any atom is -0.352 e. The number of amides is 1. The molecule has 108 valence electrons. The lowest BCUT2D eigenvalue weighted by molar-refractivity contribution is -0.128. The maximum absolute atomic E-state index is 12.0. The summed E-state index contributed by atoms with van der Waals surface area (Å²) < 4.78 is 0. The molecule has 2 atom stereocenters. The average molecular weight is 272 g/mol. The number of rotatable bonds is 4. The molecular formula is C17H24N2O. The molecule has 2 fully saturated rings. The summed E-state index contributed by atoms with van der Waals surface area (Å²) >= 11 is 0. The molecule has 20 heavy (non-hydrogen) atoms.